The summed E-state index contributed by atoms with van der Waals surface area (Å²) in [6.45, 7) is 3.43. The molecule has 0 saturated heterocycles. The molecule has 4 rings (SSSR count). The summed E-state index contributed by atoms with van der Waals surface area (Å²) >= 11 is 0. The average molecular weight is 554 g/mol. The molecule has 0 atom stereocenters. The Morgan fingerprint density at radius 2 is 1.77 bits per heavy atom. The summed E-state index contributed by atoms with van der Waals surface area (Å²) < 4.78 is 46.8. The molecule has 0 aliphatic carbocycles. The summed E-state index contributed by atoms with van der Waals surface area (Å²) in [6, 6.07) is 12.7. The molecule has 204 valence electrons. The highest BCUT2D eigenvalue weighted by Gasteiger charge is 2.26. The number of aliphatic hydroxyl groups excluding tert-OH is 1. The van der Waals surface area contributed by atoms with Crippen molar-refractivity contribution in [3.05, 3.63) is 77.9 Å². The fourth-order valence-corrected chi connectivity index (χ4v) is 4.34. The van der Waals surface area contributed by atoms with E-state index in [1.807, 2.05) is 13.8 Å². The lowest BCUT2D eigenvalue weighted by molar-refractivity contribution is -0.605. The van der Waals surface area contributed by atoms with Gasteiger partial charge in [-0.2, -0.15) is 18.1 Å². The fourth-order valence-electron chi connectivity index (χ4n) is 3.41. The molecule has 39 heavy (non-hydrogen) atoms. The van der Waals surface area contributed by atoms with Crippen molar-refractivity contribution in [1.82, 2.24) is 15.0 Å². The first kappa shape index (κ1) is 27.5. The van der Waals surface area contributed by atoms with Crippen LogP contribution in [0.4, 0.5) is 5.82 Å². The van der Waals surface area contributed by atoms with Crippen LogP contribution in [-0.2, 0) is 10.0 Å². The standard InChI is InChI=1S/C26H27N5O7S/c1-17(2)19-8-9-22(27-16-19)39(34,35)30-25-23(38-21-7-5-4-6-20(21)36-3)26(37-15-14-32)29-24(28-25)18-10-12-31(33)13-11-18/h4-13,16-17,32H,14-15H2,1-3H3,(H,28,29,30). The minimum atomic E-state index is -4.25. The molecule has 0 fully saturated rings. The minimum absolute atomic E-state index is 0.0386. The third-order valence-corrected chi connectivity index (χ3v) is 6.69. The number of hydrogen-bond donors (Lipinski definition) is 2. The first-order chi connectivity index (χ1) is 18.7. The average Bonchev–Trinajstić information content (AvgIpc) is 2.93. The second-order valence-corrected chi connectivity index (χ2v) is 10.1. The van der Waals surface area contributed by atoms with E-state index in [0.29, 0.717) is 16.0 Å². The third-order valence-electron chi connectivity index (χ3n) is 5.44. The highest BCUT2D eigenvalue weighted by molar-refractivity contribution is 7.92. The van der Waals surface area contributed by atoms with Gasteiger partial charge in [0.25, 0.3) is 15.9 Å². The van der Waals surface area contributed by atoms with Gasteiger partial charge in [0, 0.05) is 23.9 Å². The van der Waals surface area contributed by atoms with Gasteiger partial charge in [-0.05, 0) is 29.7 Å². The maximum absolute atomic E-state index is 13.4. The molecular weight excluding hydrogens is 526 g/mol. The number of para-hydroxylation sites is 2. The van der Waals surface area contributed by atoms with Gasteiger partial charge in [-0.3, -0.25) is 4.72 Å². The van der Waals surface area contributed by atoms with Crippen LogP contribution in [-0.4, -0.2) is 48.8 Å². The zero-order valence-corrected chi connectivity index (χ0v) is 22.3. The summed E-state index contributed by atoms with van der Waals surface area (Å²) in [5.74, 6) is 0.213. The number of hydrogen-bond acceptors (Lipinski definition) is 10. The molecule has 3 aromatic heterocycles. The number of anilines is 1. The number of aliphatic hydroxyl groups is 1. The van der Waals surface area contributed by atoms with E-state index in [4.69, 9.17) is 14.2 Å². The molecule has 0 amide bonds. The third kappa shape index (κ3) is 6.51. The van der Waals surface area contributed by atoms with Crippen LogP contribution in [0.5, 0.6) is 23.1 Å². The molecule has 3 heterocycles. The van der Waals surface area contributed by atoms with E-state index >= 15 is 0 Å². The Morgan fingerprint density at radius 3 is 2.38 bits per heavy atom. The molecule has 0 bridgehead atoms. The van der Waals surface area contributed by atoms with Crippen LogP contribution < -0.4 is 23.7 Å². The molecule has 0 aliphatic rings. The van der Waals surface area contributed by atoms with Gasteiger partial charge in [0.2, 0.25) is 5.75 Å². The van der Waals surface area contributed by atoms with Crippen molar-refractivity contribution < 1.29 is 32.5 Å². The predicted octanol–water partition coefficient (Wildman–Crippen LogP) is 3.27. The SMILES string of the molecule is COc1ccccc1Oc1c(NS(=O)(=O)c2ccc(C(C)C)cn2)nc(-c2cc[n+]([O-])cc2)nc1OCCO. The largest absolute Gasteiger partial charge is 0.619 e. The van der Waals surface area contributed by atoms with Crippen molar-refractivity contribution >= 4 is 15.8 Å². The molecule has 0 aliphatic heterocycles. The van der Waals surface area contributed by atoms with Gasteiger partial charge in [-0.1, -0.05) is 32.0 Å². The summed E-state index contributed by atoms with van der Waals surface area (Å²) in [7, 11) is -2.79. The van der Waals surface area contributed by atoms with E-state index < -0.39 is 10.0 Å². The smallest absolute Gasteiger partial charge is 0.280 e. The van der Waals surface area contributed by atoms with Crippen molar-refractivity contribution in [2.75, 3.05) is 25.0 Å². The first-order valence-electron chi connectivity index (χ1n) is 11.9. The quantitative estimate of drug-likeness (QED) is 0.208. The van der Waals surface area contributed by atoms with Crippen molar-refractivity contribution in [2.24, 2.45) is 0 Å². The summed E-state index contributed by atoms with van der Waals surface area (Å²) in [6.07, 6.45) is 3.99. The van der Waals surface area contributed by atoms with Crippen LogP contribution in [0.15, 0.2) is 72.1 Å². The van der Waals surface area contributed by atoms with Gasteiger partial charge in [-0.15, -0.1) is 0 Å². The van der Waals surface area contributed by atoms with Crippen LogP contribution in [0.3, 0.4) is 0 Å². The molecule has 0 saturated carbocycles. The second-order valence-electron chi connectivity index (χ2n) is 8.49. The van der Waals surface area contributed by atoms with E-state index in [2.05, 4.69) is 19.7 Å². The van der Waals surface area contributed by atoms with E-state index in [1.165, 1.54) is 43.9 Å². The van der Waals surface area contributed by atoms with Gasteiger partial charge in [0.15, 0.2) is 40.6 Å². The molecule has 1 aromatic carbocycles. The summed E-state index contributed by atoms with van der Waals surface area (Å²) in [5, 5.41) is 20.7. The van der Waals surface area contributed by atoms with Gasteiger partial charge in [0.1, 0.15) is 6.61 Å². The Kier molecular flexibility index (Phi) is 8.42. The molecule has 13 heteroatoms. The number of sulfonamides is 1. The summed E-state index contributed by atoms with van der Waals surface area (Å²) in [5.41, 5.74) is 1.28. The molecule has 4 aromatic rings. The number of nitrogens with zero attached hydrogens (tertiary/aromatic N) is 4. The molecule has 0 unspecified atom stereocenters. The van der Waals surface area contributed by atoms with Crippen molar-refractivity contribution in [2.45, 2.75) is 24.8 Å². The maximum Gasteiger partial charge on any atom is 0.280 e. The number of nitrogens with one attached hydrogen (secondary N) is 1. The lowest BCUT2D eigenvalue weighted by Crippen LogP contribution is -2.23. The van der Waals surface area contributed by atoms with Gasteiger partial charge >= 0.3 is 0 Å². The first-order valence-corrected chi connectivity index (χ1v) is 13.3. The van der Waals surface area contributed by atoms with Crippen LogP contribution in [0.2, 0.25) is 0 Å². The van der Waals surface area contributed by atoms with Crippen LogP contribution in [0.25, 0.3) is 11.4 Å². The van der Waals surface area contributed by atoms with E-state index in [1.54, 1.807) is 30.3 Å². The van der Waals surface area contributed by atoms with E-state index in [9.17, 15) is 18.7 Å². The number of rotatable bonds is 11. The molecular formula is C26H27N5O7S. The van der Waals surface area contributed by atoms with Gasteiger partial charge in [0.05, 0.1) is 13.7 Å². The minimum Gasteiger partial charge on any atom is -0.619 e. The Morgan fingerprint density at radius 1 is 1.05 bits per heavy atom. The lowest BCUT2D eigenvalue weighted by Gasteiger charge is -2.18. The highest BCUT2D eigenvalue weighted by atomic mass is 32.2. The maximum atomic E-state index is 13.4. The normalized spacial score (nSPS) is 11.3. The Hall–Kier alpha value is -4.49. The van der Waals surface area contributed by atoms with Crippen molar-refractivity contribution in [3.63, 3.8) is 0 Å². The number of benzene rings is 1. The van der Waals surface area contributed by atoms with Gasteiger partial charge in [-0.25, -0.2) is 9.97 Å². The number of pyridine rings is 2. The number of ether oxygens (including phenoxy) is 3. The topological polar surface area (TPSA) is 160 Å². The number of aromatic nitrogens is 4. The van der Waals surface area contributed by atoms with Crippen LogP contribution >= 0.6 is 0 Å². The zero-order valence-electron chi connectivity index (χ0n) is 21.4. The second kappa shape index (κ2) is 11.9. The van der Waals surface area contributed by atoms with E-state index in [-0.39, 0.29) is 53.2 Å². The highest BCUT2D eigenvalue weighted by Crippen LogP contribution is 2.41. The molecule has 0 spiro atoms. The van der Waals surface area contributed by atoms with Crippen LogP contribution in [0.1, 0.15) is 25.3 Å². The fraction of sp³-hybridized carbons (Fsp3) is 0.231. The zero-order chi connectivity index (χ0) is 28.0. The Balaban J connectivity index is 1.86. The molecule has 2 N–H and O–H groups in total. The Labute approximate surface area is 225 Å². The predicted molar refractivity (Wildman–Crippen MR) is 141 cm³/mol. The monoisotopic (exact) mass is 553 g/mol. The van der Waals surface area contributed by atoms with E-state index in [0.717, 1.165) is 5.56 Å². The molecule has 12 nitrogen and oxygen atoms in total. The van der Waals surface area contributed by atoms with Crippen LogP contribution in [0, 0.1) is 5.21 Å². The Bertz CT molecular complexity index is 1530. The lowest BCUT2D eigenvalue weighted by atomic mass is 10.1. The van der Waals surface area contributed by atoms with Crippen molar-refractivity contribution in [1.29, 1.82) is 0 Å². The van der Waals surface area contributed by atoms with Gasteiger partial charge < -0.3 is 24.5 Å². The number of methoxy groups -OCH3 is 1. The van der Waals surface area contributed by atoms with Crippen molar-refractivity contribution in [3.8, 4) is 34.5 Å². The summed E-state index contributed by atoms with van der Waals surface area (Å²) in [4.78, 5) is 12.9. The molecule has 0 radical (unpaired) electrons.